The normalized spacial score (nSPS) is 15.6. The Morgan fingerprint density at radius 3 is 2.64 bits per heavy atom. The van der Waals surface area contributed by atoms with E-state index in [1.54, 1.807) is 11.8 Å². The summed E-state index contributed by atoms with van der Waals surface area (Å²) < 4.78 is 5.30. The van der Waals surface area contributed by atoms with Crippen LogP contribution in [0.15, 0.2) is 60.8 Å². The maximum Gasteiger partial charge on any atom is 0.329 e. The molecule has 7 heteroatoms. The van der Waals surface area contributed by atoms with Crippen LogP contribution >= 0.6 is 11.6 Å². The summed E-state index contributed by atoms with van der Waals surface area (Å²) in [4.78, 5) is 30.9. The van der Waals surface area contributed by atoms with Crippen LogP contribution < -0.4 is 5.32 Å². The lowest BCUT2D eigenvalue weighted by molar-refractivity contribution is -0.145. The number of aromatic nitrogens is 1. The number of amides is 2. The Morgan fingerprint density at radius 2 is 1.94 bits per heavy atom. The Hall–Kier alpha value is -3.25. The predicted octanol–water partition coefficient (Wildman–Crippen LogP) is 5.36. The summed E-state index contributed by atoms with van der Waals surface area (Å²) in [5, 5.41) is 4.67. The van der Waals surface area contributed by atoms with E-state index in [0.717, 1.165) is 28.5 Å². The molecule has 0 spiro atoms. The van der Waals surface area contributed by atoms with Crippen LogP contribution in [-0.2, 0) is 9.53 Å². The molecule has 1 aliphatic rings. The maximum absolute atomic E-state index is 13.1. The number of ether oxygens (including phenoxy) is 1. The van der Waals surface area contributed by atoms with Crippen molar-refractivity contribution in [2.24, 2.45) is 0 Å². The zero-order valence-corrected chi connectivity index (χ0v) is 19.6. The average Bonchev–Trinajstić information content (AvgIpc) is 3.27. The number of esters is 1. The van der Waals surface area contributed by atoms with Gasteiger partial charge in [0.05, 0.1) is 6.61 Å². The van der Waals surface area contributed by atoms with Gasteiger partial charge in [-0.2, -0.15) is 0 Å². The van der Waals surface area contributed by atoms with Crippen molar-refractivity contribution in [2.45, 2.75) is 32.2 Å². The number of carbonyl (C=O) groups is 2. The molecule has 6 nitrogen and oxygen atoms in total. The first-order chi connectivity index (χ1) is 16.0. The van der Waals surface area contributed by atoms with Crippen molar-refractivity contribution < 1.29 is 14.3 Å². The number of rotatable bonds is 6. The predicted molar refractivity (Wildman–Crippen MR) is 131 cm³/mol. The Labute approximate surface area is 198 Å². The maximum atomic E-state index is 13.1. The number of benzene rings is 2. The first-order valence-electron chi connectivity index (χ1n) is 11.2. The van der Waals surface area contributed by atoms with E-state index in [0.29, 0.717) is 18.1 Å². The van der Waals surface area contributed by atoms with Crippen LogP contribution in [0.4, 0.5) is 4.79 Å². The van der Waals surface area contributed by atoms with Gasteiger partial charge in [-0.05, 0) is 48.2 Å². The minimum atomic E-state index is -0.793. The van der Waals surface area contributed by atoms with E-state index in [1.807, 2.05) is 61.7 Å². The third kappa shape index (κ3) is 5.06. The second kappa shape index (κ2) is 10.1. The van der Waals surface area contributed by atoms with Gasteiger partial charge < -0.3 is 19.9 Å². The second-order valence-corrected chi connectivity index (χ2v) is 8.63. The van der Waals surface area contributed by atoms with Crippen molar-refractivity contribution in [3.63, 3.8) is 0 Å². The van der Waals surface area contributed by atoms with Crippen LogP contribution in [0.1, 0.15) is 37.3 Å². The van der Waals surface area contributed by atoms with Crippen LogP contribution in [0.25, 0.3) is 16.5 Å². The molecule has 0 unspecified atom stereocenters. The molecule has 1 aromatic heterocycles. The Kier molecular flexibility index (Phi) is 7.04. The molecule has 2 N–H and O–H groups in total. The van der Waals surface area contributed by atoms with Crippen molar-refractivity contribution in [2.75, 3.05) is 19.7 Å². The highest BCUT2D eigenvalue weighted by molar-refractivity contribution is 6.30. The van der Waals surface area contributed by atoms with E-state index in [4.69, 9.17) is 16.3 Å². The van der Waals surface area contributed by atoms with E-state index in [-0.39, 0.29) is 18.6 Å². The Bertz CT molecular complexity index is 1170. The fourth-order valence-electron chi connectivity index (χ4n) is 4.27. The fraction of sp³-hybridized carbons (Fsp3) is 0.308. The highest BCUT2D eigenvalue weighted by Gasteiger charge is 2.32. The molecule has 0 saturated heterocycles. The summed E-state index contributed by atoms with van der Waals surface area (Å²) in [6.45, 7) is 4.99. The molecule has 4 rings (SSSR count). The molecule has 1 aliphatic heterocycles. The molecule has 0 aliphatic carbocycles. The second-order valence-electron chi connectivity index (χ2n) is 8.19. The first kappa shape index (κ1) is 22.9. The molecule has 2 amide bonds. The van der Waals surface area contributed by atoms with Crippen molar-refractivity contribution in [1.82, 2.24) is 15.2 Å². The molecular weight excluding hydrogens is 438 g/mol. The zero-order chi connectivity index (χ0) is 23.4. The molecule has 2 aromatic carbocycles. The zero-order valence-electron chi connectivity index (χ0n) is 18.8. The summed E-state index contributed by atoms with van der Waals surface area (Å²) in [5.41, 5.74) is 4.25. The van der Waals surface area contributed by atoms with Gasteiger partial charge >= 0.3 is 12.0 Å². The summed E-state index contributed by atoms with van der Waals surface area (Å²) in [6.07, 6.45) is 4.68. The van der Waals surface area contributed by atoms with Gasteiger partial charge in [0.2, 0.25) is 0 Å². The SMILES string of the molecule is CCOC(=O)[C@H](NC(=O)N1CC=C(c2ccc(Cl)cc2)CC1)[C@@H](C)c1c[nH]c2ccccc12. The van der Waals surface area contributed by atoms with Gasteiger partial charge in [0.1, 0.15) is 6.04 Å². The highest BCUT2D eigenvalue weighted by Crippen LogP contribution is 2.29. The largest absolute Gasteiger partial charge is 0.464 e. The van der Waals surface area contributed by atoms with Crippen molar-refractivity contribution in [3.05, 3.63) is 77.0 Å². The lowest BCUT2D eigenvalue weighted by Gasteiger charge is -2.30. The number of hydrogen-bond acceptors (Lipinski definition) is 3. The highest BCUT2D eigenvalue weighted by atomic mass is 35.5. The van der Waals surface area contributed by atoms with Crippen LogP contribution in [0.2, 0.25) is 5.02 Å². The van der Waals surface area contributed by atoms with E-state index in [9.17, 15) is 9.59 Å². The van der Waals surface area contributed by atoms with Crippen LogP contribution in [0.3, 0.4) is 0 Å². The number of carbonyl (C=O) groups excluding carboxylic acids is 2. The van der Waals surface area contributed by atoms with Gasteiger partial charge in [0.15, 0.2) is 0 Å². The summed E-state index contributed by atoms with van der Waals surface area (Å²) >= 11 is 5.99. The van der Waals surface area contributed by atoms with Gasteiger partial charge in [-0.15, -0.1) is 0 Å². The molecule has 0 saturated carbocycles. The standard InChI is InChI=1S/C26H28ClN3O3/c1-3-33-25(31)24(17(2)22-16-28-23-7-5-4-6-21(22)23)29-26(32)30-14-12-19(13-15-30)18-8-10-20(27)11-9-18/h4-12,16-17,24,28H,3,13-15H2,1-2H3,(H,29,32)/t17-,24+/m0/s1. The third-order valence-electron chi connectivity index (χ3n) is 6.14. The first-order valence-corrected chi connectivity index (χ1v) is 11.6. The number of hydrogen-bond donors (Lipinski definition) is 2. The van der Waals surface area contributed by atoms with Gasteiger partial charge in [0, 0.05) is 41.1 Å². The lowest BCUT2D eigenvalue weighted by atomic mass is 9.93. The molecule has 0 radical (unpaired) electrons. The van der Waals surface area contributed by atoms with Gasteiger partial charge in [-0.25, -0.2) is 9.59 Å². The molecular formula is C26H28ClN3O3. The van der Waals surface area contributed by atoms with Gasteiger partial charge in [-0.1, -0.05) is 54.9 Å². The van der Waals surface area contributed by atoms with E-state index < -0.39 is 12.0 Å². The average molecular weight is 466 g/mol. The lowest BCUT2D eigenvalue weighted by Crippen LogP contribution is -2.51. The quantitative estimate of drug-likeness (QED) is 0.481. The van der Waals surface area contributed by atoms with E-state index in [1.165, 1.54) is 5.57 Å². The number of halogens is 1. The number of nitrogens with zero attached hydrogens (tertiary/aromatic N) is 1. The van der Waals surface area contributed by atoms with Gasteiger partial charge in [0.25, 0.3) is 0 Å². The van der Waals surface area contributed by atoms with Crippen LogP contribution in [-0.4, -0.2) is 47.6 Å². The number of H-pyrrole nitrogens is 1. The van der Waals surface area contributed by atoms with Crippen molar-refractivity contribution in [1.29, 1.82) is 0 Å². The molecule has 2 heterocycles. The van der Waals surface area contributed by atoms with Crippen LogP contribution in [0.5, 0.6) is 0 Å². The van der Waals surface area contributed by atoms with E-state index in [2.05, 4.69) is 16.4 Å². The number of urea groups is 1. The molecule has 33 heavy (non-hydrogen) atoms. The summed E-state index contributed by atoms with van der Waals surface area (Å²) in [5.74, 6) is -0.702. The minimum Gasteiger partial charge on any atom is -0.464 e. The summed E-state index contributed by atoms with van der Waals surface area (Å²) in [6, 6.07) is 14.6. The minimum absolute atomic E-state index is 0.253. The molecule has 172 valence electrons. The molecule has 0 bridgehead atoms. The fourth-order valence-corrected chi connectivity index (χ4v) is 4.40. The topological polar surface area (TPSA) is 74.4 Å². The number of nitrogens with one attached hydrogen (secondary N) is 2. The molecule has 0 fully saturated rings. The third-order valence-corrected chi connectivity index (χ3v) is 6.39. The van der Waals surface area contributed by atoms with Crippen LogP contribution in [0, 0.1) is 0 Å². The van der Waals surface area contributed by atoms with E-state index >= 15 is 0 Å². The molecule has 3 aromatic rings. The molecule has 2 atom stereocenters. The van der Waals surface area contributed by atoms with Gasteiger partial charge in [-0.3, -0.25) is 0 Å². The van der Waals surface area contributed by atoms with Crippen molar-refractivity contribution >= 4 is 40.1 Å². The smallest absolute Gasteiger partial charge is 0.329 e. The number of aromatic amines is 1. The number of fused-ring (bicyclic) bond motifs is 1. The van der Waals surface area contributed by atoms with Crippen molar-refractivity contribution in [3.8, 4) is 0 Å². The Morgan fingerprint density at radius 1 is 1.18 bits per heavy atom. The monoisotopic (exact) mass is 465 g/mol. The number of para-hydroxylation sites is 1. The summed E-state index contributed by atoms with van der Waals surface area (Å²) in [7, 11) is 0. The Balaban J connectivity index is 1.49.